The summed E-state index contributed by atoms with van der Waals surface area (Å²) < 4.78 is 52.8. The summed E-state index contributed by atoms with van der Waals surface area (Å²) in [6.45, 7) is 1.86. The number of anilines is 1. The third kappa shape index (κ3) is 3.53. The van der Waals surface area contributed by atoms with Gasteiger partial charge in [0.05, 0.1) is 0 Å². The molecule has 1 heterocycles. The maximum atomic E-state index is 14.2. The molecule has 0 aromatic heterocycles. The lowest BCUT2D eigenvalue weighted by Gasteiger charge is -2.36. The van der Waals surface area contributed by atoms with Crippen LogP contribution in [0.3, 0.4) is 0 Å². The summed E-state index contributed by atoms with van der Waals surface area (Å²) in [4.78, 5) is 1.36. The van der Waals surface area contributed by atoms with Crippen LogP contribution < -0.4 is 4.90 Å². The zero-order chi connectivity index (χ0) is 15.6. The second kappa shape index (κ2) is 6.83. The van der Waals surface area contributed by atoms with Gasteiger partial charge in [0.1, 0.15) is 22.7 Å². The Labute approximate surface area is 136 Å². The van der Waals surface area contributed by atoms with Crippen LogP contribution in [-0.4, -0.2) is 37.6 Å². The molecule has 1 aliphatic heterocycles. The van der Waals surface area contributed by atoms with Crippen molar-refractivity contribution in [2.45, 2.75) is 17.6 Å². The van der Waals surface area contributed by atoms with Gasteiger partial charge in [0.2, 0.25) is 0 Å². The van der Waals surface area contributed by atoms with Gasteiger partial charge in [-0.2, -0.15) is 11.8 Å². The van der Waals surface area contributed by atoms with Crippen molar-refractivity contribution >= 4 is 43.2 Å². The van der Waals surface area contributed by atoms with E-state index >= 15 is 0 Å². The van der Waals surface area contributed by atoms with Crippen LogP contribution in [0.2, 0.25) is 0 Å². The van der Waals surface area contributed by atoms with Gasteiger partial charge in [0.25, 0.3) is 0 Å². The standard InChI is InChI=1S/C13H16BrF2NO2S2/c1-2-21(18,19)12-8-20-4-3-17(12)13-10(15)5-9(7-14)6-11(13)16/h5-6,12H,2-4,7-8H2,1H3. The normalized spacial score (nSPS) is 19.8. The molecule has 118 valence electrons. The summed E-state index contributed by atoms with van der Waals surface area (Å²) in [7, 11) is -3.41. The van der Waals surface area contributed by atoms with Crippen molar-refractivity contribution in [1.82, 2.24) is 0 Å². The second-order valence-corrected chi connectivity index (χ2v) is 8.87. The summed E-state index contributed by atoms with van der Waals surface area (Å²) in [5, 5.41) is -0.534. The Morgan fingerprint density at radius 2 is 2.00 bits per heavy atom. The van der Waals surface area contributed by atoms with E-state index in [1.165, 1.54) is 28.8 Å². The van der Waals surface area contributed by atoms with Gasteiger partial charge in [-0.3, -0.25) is 0 Å². The summed E-state index contributed by atoms with van der Waals surface area (Å²) in [6.07, 6.45) is 0. The van der Waals surface area contributed by atoms with Crippen molar-refractivity contribution in [3.8, 4) is 0 Å². The summed E-state index contributed by atoms with van der Waals surface area (Å²) in [5.41, 5.74) is 0.247. The van der Waals surface area contributed by atoms with Crippen molar-refractivity contribution in [2.24, 2.45) is 0 Å². The smallest absolute Gasteiger partial charge is 0.171 e. The molecule has 0 radical (unpaired) electrons. The van der Waals surface area contributed by atoms with Gasteiger partial charge in [-0.05, 0) is 17.7 Å². The third-order valence-corrected chi connectivity index (χ3v) is 7.36. The van der Waals surface area contributed by atoms with Crippen molar-refractivity contribution < 1.29 is 17.2 Å². The van der Waals surface area contributed by atoms with Crippen molar-refractivity contribution in [2.75, 3.05) is 28.7 Å². The van der Waals surface area contributed by atoms with Gasteiger partial charge in [-0.25, -0.2) is 17.2 Å². The van der Waals surface area contributed by atoms with E-state index in [0.717, 1.165) is 0 Å². The van der Waals surface area contributed by atoms with Crippen molar-refractivity contribution in [1.29, 1.82) is 0 Å². The molecule has 1 aliphatic rings. The van der Waals surface area contributed by atoms with Crippen LogP contribution in [0, 0.1) is 11.6 Å². The van der Waals surface area contributed by atoms with Crippen LogP contribution in [0.5, 0.6) is 0 Å². The number of thioether (sulfide) groups is 1. The van der Waals surface area contributed by atoms with Crippen molar-refractivity contribution in [3.63, 3.8) is 0 Å². The molecule has 2 rings (SSSR count). The molecule has 1 atom stereocenters. The number of alkyl halides is 1. The molecule has 1 saturated heterocycles. The monoisotopic (exact) mass is 399 g/mol. The zero-order valence-electron chi connectivity index (χ0n) is 11.5. The first kappa shape index (κ1) is 17.0. The molecule has 0 bridgehead atoms. The highest BCUT2D eigenvalue weighted by Gasteiger charge is 2.35. The topological polar surface area (TPSA) is 37.4 Å². The van der Waals surface area contributed by atoms with E-state index in [9.17, 15) is 17.2 Å². The van der Waals surface area contributed by atoms with Crippen LogP contribution in [-0.2, 0) is 15.2 Å². The first-order chi connectivity index (χ1) is 9.90. The minimum absolute atomic E-state index is 0.0442. The fourth-order valence-corrected chi connectivity index (χ4v) is 5.60. The lowest BCUT2D eigenvalue weighted by Crippen LogP contribution is -2.48. The van der Waals surface area contributed by atoms with Crippen LogP contribution in [0.25, 0.3) is 0 Å². The number of sulfone groups is 1. The quantitative estimate of drug-likeness (QED) is 0.728. The van der Waals surface area contributed by atoms with Gasteiger partial charge in [-0.1, -0.05) is 22.9 Å². The summed E-state index contributed by atoms with van der Waals surface area (Å²) in [6, 6.07) is 2.48. The van der Waals surface area contributed by atoms with E-state index in [-0.39, 0.29) is 11.4 Å². The number of hydrogen-bond donors (Lipinski definition) is 0. The van der Waals surface area contributed by atoms with E-state index in [4.69, 9.17) is 0 Å². The fourth-order valence-electron chi connectivity index (χ4n) is 2.30. The number of halogens is 3. The highest BCUT2D eigenvalue weighted by molar-refractivity contribution is 9.08. The van der Waals surface area contributed by atoms with Gasteiger partial charge >= 0.3 is 0 Å². The average molecular weight is 400 g/mol. The first-order valence-electron chi connectivity index (χ1n) is 6.50. The Bertz CT molecular complexity index is 602. The Morgan fingerprint density at radius 1 is 1.38 bits per heavy atom. The fraction of sp³-hybridized carbons (Fsp3) is 0.538. The van der Waals surface area contributed by atoms with Crippen LogP contribution in [0.4, 0.5) is 14.5 Å². The Morgan fingerprint density at radius 3 is 2.52 bits per heavy atom. The minimum atomic E-state index is -3.41. The van der Waals surface area contributed by atoms with Gasteiger partial charge in [0, 0.05) is 29.1 Å². The van der Waals surface area contributed by atoms with Crippen LogP contribution >= 0.6 is 27.7 Å². The predicted molar refractivity (Wildman–Crippen MR) is 86.9 cm³/mol. The molecule has 0 amide bonds. The van der Waals surface area contributed by atoms with Gasteiger partial charge in [0.15, 0.2) is 9.84 Å². The van der Waals surface area contributed by atoms with E-state index in [1.54, 1.807) is 6.92 Å². The molecule has 1 fully saturated rings. The molecule has 0 aliphatic carbocycles. The SMILES string of the molecule is CCS(=O)(=O)C1CSCCN1c1c(F)cc(CBr)cc1F. The van der Waals surface area contributed by atoms with Crippen LogP contribution in [0.1, 0.15) is 12.5 Å². The van der Waals surface area contributed by atoms with Gasteiger partial charge in [-0.15, -0.1) is 0 Å². The van der Waals surface area contributed by atoms with E-state index in [1.807, 2.05) is 0 Å². The Balaban J connectivity index is 2.48. The zero-order valence-corrected chi connectivity index (χ0v) is 14.7. The molecular formula is C13H16BrF2NO2S2. The van der Waals surface area contributed by atoms with E-state index < -0.39 is 26.8 Å². The molecule has 21 heavy (non-hydrogen) atoms. The number of hydrogen-bond acceptors (Lipinski definition) is 4. The Hall–Kier alpha value is -0.340. The average Bonchev–Trinajstić information content (AvgIpc) is 2.46. The number of benzene rings is 1. The molecule has 1 aromatic carbocycles. The summed E-state index contributed by atoms with van der Waals surface area (Å²) in [5.74, 6) is -0.498. The highest BCUT2D eigenvalue weighted by atomic mass is 79.9. The molecule has 1 unspecified atom stereocenters. The van der Waals surface area contributed by atoms with E-state index in [0.29, 0.717) is 28.9 Å². The predicted octanol–water partition coefficient (Wildman–Crippen LogP) is 3.17. The maximum absolute atomic E-state index is 14.2. The summed E-state index contributed by atoms with van der Waals surface area (Å²) >= 11 is 4.64. The molecule has 3 nitrogen and oxygen atoms in total. The minimum Gasteiger partial charge on any atom is -0.349 e. The first-order valence-corrected chi connectivity index (χ1v) is 10.5. The van der Waals surface area contributed by atoms with Crippen LogP contribution in [0.15, 0.2) is 12.1 Å². The number of nitrogens with zero attached hydrogens (tertiary/aromatic N) is 1. The van der Waals surface area contributed by atoms with Gasteiger partial charge < -0.3 is 4.90 Å². The third-order valence-electron chi connectivity index (χ3n) is 3.42. The lowest BCUT2D eigenvalue weighted by atomic mass is 10.2. The molecule has 0 N–H and O–H groups in total. The number of rotatable bonds is 4. The second-order valence-electron chi connectivity index (χ2n) is 4.72. The largest absolute Gasteiger partial charge is 0.349 e. The lowest BCUT2D eigenvalue weighted by molar-refractivity contribution is 0.555. The molecule has 8 heteroatoms. The molecule has 1 aromatic rings. The van der Waals surface area contributed by atoms with Crippen molar-refractivity contribution in [3.05, 3.63) is 29.3 Å². The van der Waals surface area contributed by atoms with E-state index in [2.05, 4.69) is 15.9 Å². The molecule has 0 saturated carbocycles. The molecule has 0 spiro atoms. The Kier molecular flexibility index (Phi) is 5.54. The highest BCUT2D eigenvalue weighted by Crippen LogP contribution is 2.32. The molecular weight excluding hydrogens is 384 g/mol. The maximum Gasteiger partial charge on any atom is 0.171 e.